The minimum atomic E-state index is -2.84. The van der Waals surface area contributed by atoms with E-state index >= 15 is 0 Å². The second-order valence-electron chi connectivity index (χ2n) is 7.50. The van der Waals surface area contributed by atoms with E-state index in [-0.39, 0.29) is 0 Å². The molecule has 14 nitrogen and oxygen atoms in total. The van der Waals surface area contributed by atoms with Gasteiger partial charge in [0.1, 0.15) is 23.6 Å². The lowest BCUT2D eigenvalue weighted by molar-refractivity contribution is -0.294. The van der Waals surface area contributed by atoms with E-state index in [2.05, 4.69) is 26.0 Å². The van der Waals surface area contributed by atoms with Gasteiger partial charge in [0.15, 0.2) is 12.2 Å². The first kappa shape index (κ1) is 30.3. The summed E-state index contributed by atoms with van der Waals surface area (Å²) in [5.41, 5.74) is 0. The Balaban J connectivity index is 3.74. The molecule has 0 bridgehead atoms. The van der Waals surface area contributed by atoms with Crippen molar-refractivity contribution in [1.29, 1.82) is 0 Å². The molecule has 2 N–H and O–H groups in total. The zero-order chi connectivity index (χ0) is 27.1. The van der Waals surface area contributed by atoms with Gasteiger partial charge < -0.3 is 38.8 Å². The fourth-order valence-corrected chi connectivity index (χ4v) is 4.13. The van der Waals surface area contributed by atoms with Gasteiger partial charge in [0.05, 0.1) is 13.2 Å². The van der Waals surface area contributed by atoms with E-state index in [9.17, 15) is 33.9 Å². The molecule has 1 amide bonds. The van der Waals surface area contributed by atoms with Crippen LogP contribution in [-0.4, -0.2) is 95.6 Å². The molecular weight excluding hydrogens is 542 g/mol. The number of carbonyl (C=O) groups excluding carboxylic acids is 6. The summed E-state index contributed by atoms with van der Waals surface area (Å²) >= 11 is 3.07. The van der Waals surface area contributed by atoms with Crippen LogP contribution in [0.1, 0.15) is 34.6 Å². The molecular formula is C20H28BrNO13. The Hall–Kier alpha value is -2.78. The summed E-state index contributed by atoms with van der Waals surface area (Å²) in [5, 5.41) is 13.6. The van der Waals surface area contributed by atoms with Gasteiger partial charge in [0, 0.05) is 34.6 Å². The van der Waals surface area contributed by atoms with E-state index in [1.807, 2.05) is 0 Å². The summed E-state index contributed by atoms with van der Waals surface area (Å²) < 4.78 is 30.9. The Labute approximate surface area is 209 Å². The largest absolute Gasteiger partial charge is 0.465 e. The van der Waals surface area contributed by atoms with Crippen molar-refractivity contribution >= 4 is 51.7 Å². The highest BCUT2D eigenvalue weighted by Crippen LogP contribution is 2.38. The molecule has 0 radical (unpaired) electrons. The van der Waals surface area contributed by atoms with Crippen molar-refractivity contribution in [2.24, 2.45) is 0 Å². The van der Waals surface area contributed by atoms with E-state index in [1.165, 1.54) is 0 Å². The van der Waals surface area contributed by atoms with E-state index in [1.54, 1.807) is 0 Å². The third-order valence-electron chi connectivity index (χ3n) is 4.60. The number of amides is 1. The molecule has 1 rings (SSSR count). The number of hydrogen-bond acceptors (Lipinski definition) is 13. The van der Waals surface area contributed by atoms with Crippen LogP contribution in [0.25, 0.3) is 0 Å². The molecule has 198 valence electrons. The second-order valence-corrected chi connectivity index (χ2v) is 8.48. The molecule has 0 unspecified atom stereocenters. The van der Waals surface area contributed by atoms with Crippen molar-refractivity contribution in [3.8, 4) is 0 Å². The monoisotopic (exact) mass is 569 g/mol. The topological polar surface area (TPSA) is 190 Å². The molecule has 1 aliphatic rings. The van der Waals surface area contributed by atoms with Gasteiger partial charge in [0.25, 0.3) is 5.79 Å². The van der Waals surface area contributed by atoms with Gasteiger partial charge in [0.2, 0.25) is 5.91 Å². The number of hydrogen-bond donors (Lipinski definition) is 2. The molecule has 1 heterocycles. The molecule has 0 aliphatic carbocycles. The lowest BCUT2D eigenvalue weighted by Gasteiger charge is -2.49. The summed E-state index contributed by atoms with van der Waals surface area (Å²) in [6.07, 6.45) is -6.43. The molecule has 15 heteroatoms. The van der Waals surface area contributed by atoms with Gasteiger partial charge in [-0.1, -0.05) is 15.9 Å². The lowest BCUT2D eigenvalue weighted by Crippen LogP contribution is -2.73. The van der Waals surface area contributed by atoms with Crippen molar-refractivity contribution in [1.82, 2.24) is 5.32 Å². The first-order valence-electron chi connectivity index (χ1n) is 10.2. The summed E-state index contributed by atoms with van der Waals surface area (Å²) in [6, 6.07) is -1.38. The van der Waals surface area contributed by atoms with Crippen molar-refractivity contribution in [2.45, 2.75) is 75.7 Å². The number of nitrogens with one attached hydrogen (secondary N) is 1. The van der Waals surface area contributed by atoms with Gasteiger partial charge in [-0.2, -0.15) is 0 Å². The van der Waals surface area contributed by atoms with Crippen LogP contribution in [0.4, 0.5) is 0 Å². The van der Waals surface area contributed by atoms with Gasteiger partial charge >= 0.3 is 29.8 Å². The highest BCUT2D eigenvalue weighted by atomic mass is 79.9. The van der Waals surface area contributed by atoms with Crippen molar-refractivity contribution in [2.75, 3.05) is 13.7 Å². The Morgan fingerprint density at radius 1 is 0.971 bits per heavy atom. The smallest absolute Gasteiger partial charge is 0.367 e. The minimum Gasteiger partial charge on any atom is -0.465 e. The van der Waals surface area contributed by atoms with Gasteiger partial charge in [-0.15, -0.1) is 0 Å². The van der Waals surface area contributed by atoms with Gasteiger partial charge in [-0.05, 0) is 0 Å². The number of aliphatic hydroxyl groups is 1. The van der Waals surface area contributed by atoms with Crippen LogP contribution >= 0.6 is 15.9 Å². The number of carbonyl (C=O) groups is 6. The van der Waals surface area contributed by atoms with Crippen LogP contribution in [-0.2, 0) is 57.2 Å². The normalized spacial score (nSPS) is 27.4. The Morgan fingerprint density at radius 3 is 1.97 bits per heavy atom. The lowest BCUT2D eigenvalue weighted by atomic mass is 9.88. The molecule has 0 aromatic heterocycles. The average molecular weight is 570 g/mol. The van der Waals surface area contributed by atoms with Crippen LogP contribution in [0, 0.1) is 0 Å². The van der Waals surface area contributed by atoms with Gasteiger partial charge in [-0.25, -0.2) is 4.79 Å². The van der Waals surface area contributed by atoms with Crippen molar-refractivity contribution < 1.29 is 62.3 Å². The minimum absolute atomic E-state index is 0.633. The van der Waals surface area contributed by atoms with Crippen LogP contribution in [0.3, 0.4) is 0 Å². The fourth-order valence-electron chi connectivity index (χ4n) is 3.39. The summed E-state index contributed by atoms with van der Waals surface area (Å²) in [6.45, 7) is 4.63. The van der Waals surface area contributed by atoms with Gasteiger partial charge in [-0.3, -0.25) is 24.0 Å². The number of halogens is 1. The molecule has 35 heavy (non-hydrogen) atoms. The highest BCUT2D eigenvalue weighted by molar-refractivity contribution is 9.09. The SMILES string of the molecule is COC(=O)[C@]1(O)O[C@@H]([C@H](OC(C)=O)[C@@H](COC(C)=O)OC(C)=O)[C@H](NC(C)=O)[C@@H](OC(C)=O)[C@H]1Br. The predicted molar refractivity (Wildman–Crippen MR) is 115 cm³/mol. The van der Waals surface area contributed by atoms with E-state index in [0.29, 0.717) is 0 Å². The maximum absolute atomic E-state index is 12.5. The maximum Gasteiger partial charge on any atom is 0.367 e. The number of rotatable bonds is 9. The first-order chi connectivity index (χ1) is 16.1. The molecule has 0 spiro atoms. The Bertz CT molecular complexity index is 849. The molecule has 0 aromatic rings. The van der Waals surface area contributed by atoms with E-state index in [0.717, 1.165) is 41.7 Å². The van der Waals surface area contributed by atoms with Crippen LogP contribution in [0.15, 0.2) is 0 Å². The average Bonchev–Trinajstić information content (AvgIpc) is 2.73. The maximum atomic E-state index is 12.5. The van der Waals surface area contributed by atoms with E-state index in [4.69, 9.17) is 23.7 Å². The number of esters is 5. The Morgan fingerprint density at radius 2 is 1.54 bits per heavy atom. The Kier molecular flexibility index (Phi) is 11.1. The van der Waals surface area contributed by atoms with Crippen LogP contribution in [0.2, 0.25) is 0 Å². The summed E-state index contributed by atoms with van der Waals surface area (Å²) in [5.74, 6) is -8.24. The molecule has 1 fully saturated rings. The predicted octanol–water partition coefficient (Wildman–Crippen LogP) is -1.13. The number of ether oxygens (including phenoxy) is 6. The third kappa shape index (κ3) is 8.14. The number of methoxy groups -OCH3 is 1. The zero-order valence-electron chi connectivity index (χ0n) is 19.9. The zero-order valence-corrected chi connectivity index (χ0v) is 21.5. The molecule has 0 saturated carbocycles. The van der Waals surface area contributed by atoms with E-state index < -0.39 is 83.4 Å². The summed E-state index contributed by atoms with van der Waals surface area (Å²) in [7, 11) is 0.949. The third-order valence-corrected chi connectivity index (χ3v) is 5.74. The standard InChI is InChI=1S/C20H28BrNO13/c1-8(23)22-14-16(15(33-11(4)26)13(32-10(3)25)7-31-9(2)24)35-20(29,19(28)30-6)18(21)17(14)34-12(5)27/h13-18,29H,7H2,1-6H3,(H,22,23)/t13-,14+,15-,16-,17-,18-,20-/m1/s1. The summed E-state index contributed by atoms with van der Waals surface area (Å²) in [4.78, 5) is 70.0. The molecule has 0 aromatic carbocycles. The van der Waals surface area contributed by atoms with Crippen molar-refractivity contribution in [3.63, 3.8) is 0 Å². The van der Waals surface area contributed by atoms with Crippen LogP contribution in [0.5, 0.6) is 0 Å². The fraction of sp³-hybridized carbons (Fsp3) is 0.700. The highest BCUT2D eigenvalue weighted by Gasteiger charge is 2.62. The molecule has 1 saturated heterocycles. The second kappa shape index (κ2) is 12.8. The number of alkyl halides is 1. The first-order valence-corrected chi connectivity index (χ1v) is 11.1. The van der Waals surface area contributed by atoms with Crippen LogP contribution < -0.4 is 5.32 Å². The van der Waals surface area contributed by atoms with Crippen molar-refractivity contribution in [3.05, 3.63) is 0 Å². The molecule has 1 aliphatic heterocycles. The quantitative estimate of drug-likeness (QED) is 0.193. The molecule has 7 atom stereocenters.